The number of hydrogen-bond acceptors (Lipinski definition) is 13. The summed E-state index contributed by atoms with van der Waals surface area (Å²) in [5.41, 5.74) is 7.67. The highest BCUT2D eigenvalue weighted by atomic mass is 32.2. The number of aromatic amines is 2. The summed E-state index contributed by atoms with van der Waals surface area (Å²) in [6, 6.07) is 45.3. The summed E-state index contributed by atoms with van der Waals surface area (Å²) in [6.07, 6.45) is 1.74. The molecule has 8 bridgehead atoms. The maximum Gasteiger partial charge on any atom is 0.253 e. The molecule has 82 heavy (non-hydrogen) atoms. The third-order valence-corrected chi connectivity index (χ3v) is 17.9. The van der Waals surface area contributed by atoms with Gasteiger partial charge >= 0.3 is 0 Å². The Bertz CT molecular complexity index is 4230. The Labute approximate surface area is 486 Å². The molecule has 6 heterocycles. The predicted octanol–water partition coefficient (Wildman–Crippen LogP) is 14.2. The Morgan fingerprint density at radius 2 is 0.768 bits per heavy atom. The van der Waals surface area contributed by atoms with Crippen LogP contribution in [-0.2, 0) is 0 Å². The molecule has 0 fully saturated rings. The van der Waals surface area contributed by atoms with Crippen molar-refractivity contribution in [1.29, 1.82) is 0 Å². The van der Waals surface area contributed by atoms with Crippen molar-refractivity contribution in [2.45, 2.75) is 70.9 Å². The lowest BCUT2D eigenvalue weighted by atomic mass is 10.1. The summed E-state index contributed by atoms with van der Waals surface area (Å²) in [4.78, 5) is 95.0. The molecule has 0 radical (unpaired) electrons. The lowest BCUT2D eigenvalue weighted by molar-refractivity contribution is 0.0765. The fourth-order valence-electron chi connectivity index (χ4n) is 10.4. The standard InChI is InChI=1S/C64H56N12O3S3/c1-7-74(8-2)62(77)37-24-30-40(31-25-37)80-47-21-13-17-43-50(47)58-67-54(43)66-57-46-20-16-36-65-53(46)61(72-57)73-60-52-45(19-15-23-49(52)82-42-34-28-39(29-35-42)64(79)76(11-5)12-6)56(71-60)70-59-51-44(55(68-58)69-59)18-14-22-48(51)81-41-32-26-38(27-33-41)63(78)75(9-3)10-4/h13-36H,7-12H2,1-6H3,(H2,66,67,68,69,70,71,72,73). The van der Waals surface area contributed by atoms with Crippen molar-refractivity contribution in [3.8, 4) is 45.6 Å². The van der Waals surface area contributed by atoms with Crippen molar-refractivity contribution in [1.82, 2.24) is 59.6 Å². The quantitative estimate of drug-likeness (QED) is 0.0990. The average Bonchev–Trinajstić information content (AvgIpc) is 3.10. The number of nitrogens with zero attached hydrogens (tertiary/aromatic N) is 10. The molecule has 2 N–H and O–H groups in total. The molecule has 3 amide bonds. The van der Waals surface area contributed by atoms with Gasteiger partial charge in [0.1, 0.15) is 22.5 Å². The Morgan fingerprint density at radius 3 is 1.24 bits per heavy atom. The van der Waals surface area contributed by atoms with Gasteiger partial charge in [0.2, 0.25) is 0 Å². The number of carbonyl (C=O) groups excluding carboxylic acids is 3. The number of fused-ring (bicyclic) bond motifs is 20. The first-order valence-corrected chi connectivity index (χ1v) is 29.9. The number of hydrogen-bond donors (Lipinski definition) is 2. The van der Waals surface area contributed by atoms with Crippen LogP contribution in [0.3, 0.4) is 0 Å². The van der Waals surface area contributed by atoms with E-state index < -0.39 is 0 Å². The van der Waals surface area contributed by atoms with E-state index in [4.69, 9.17) is 34.9 Å². The molecule has 408 valence electrons. The number of rotatable bonds is 15. The Balaban J connectivity index is 1.07. The highest BCUT2D eigenvalue weighted by molar-refractivity contribution is 8.00. The first-order valence-electron chi connectivity index (χ1n) is 27.5. The lowest BCUT2D eigenvalue weighted by Crippen LogP contribution is -2.30. The second-order valence-electron chi connectivity index (χ2n) is 19.4. The zero-order valence-electron chi connectivity index (χ0n) is 46.0. The van der Waals surface area contributed by atoms with Gasteiger partial charge in [0.05, 0.1) is 0 Å². The van der Waals surface area contributed by atoms with Crippen LogP contribution < -0.4 is 0 Å². The molecule has 18 heteroatoms. The summed E-state index contributed by atoms with van der Waals surface area (Å²) in [5, 5.41) is 2.37. The number of pyridine rings is 1. The van der Waals surface area contributed by atoms with E-state index in [0.717, 1.165) is 67.8 Å². The van der Waals surface area contributed by atoms with Crippen LogP contribution in [-0.4, -0.2) is 117 Å². The van der Waals surface area contributed by atoms with Crippen LogP contribution in [0.5, 0.6) is 0 Å². The highest BCUT2D eigenvalue weighted by Crippen LogP contribution is 2.46. The molecule has 0 spiro atoms. The van der Waals surface area contributed by atoms with Crippen LogP contribution in [0.15, 0.2) is 175 Å². The van der Waals surface area contributed by atoms with Crippen molar-refractivity contribution in [2.24, 2.45) is 0 Å². The lowest BCUT2D eigenvalue weighted by Gasteiger charge is -2.18. The van der Waals surface area contributed by atoms with Gasteiger partial charge in [-0.05, 0) is 145 Å². The van der Waals surface area contributed by atoms with Gasteiger partial charge in [-0.15, -0.1) is 0 Å². The molecule has 4 aromatic heterocycles. The van der Waals surface area contributed by atoms with E-state index in [1.165, 1.54) is 0 Å². The van der Waals surface area contributed by atoms with Crippen LogP contribution >= 0.6 is 35.3 Å². The van der Waals surface area contributed by atoms with Crippen LogP contribution in [0.2, 0.25) is 0 Å². The van der Waals surface area contributed by atoms with Crippen LogP contribution in [0.1, 0.15) is 72.6 Å². The molecule has 12 rings (SSSR count). The minimum Gasteiger partial charge on any atom is -0.339 e. The molecular weight excluding hydrogens is 1080 g/mol. The third kappa shape index (κ3) is 10.1. The van der Waals surface area contributed by atoms with Crippen LogP contribution in [0.25, 0.3) is 89.8 Å². The van der Waals surface area contributed by atoms with E-state index in [1.54, 1.807) is 41.5 Å². The van der Waals surface area contributed by atoms with Crippen LogP contribution in [0, 0.1) is 0 Å². The molecule has 2 aliphatic rings. The van der Waals surface area contributed by atoms with Gasteiger partial charge in [-0.2, -0.15) is 0 Å². The fraction of sp³-hybridized carbons (Fsp3) is 0.188. The predicted molar refractivity (Wildman–Crippen MR) is 327 cm³/mol. The second-order valence-corrected chi connectivity index (χ2v) is 22.7. The molecule has 10 aromatic rings. The number of H-pyrrole nitrogens is 2. The van der Waals surface area contributed by atoms with E-state index >= 15 is 0 Å². The number of benzene rings is 6. The highest BCUT2D eigenvalue weighted by Gasteiger charge is 2.28. The number of amides is 3. The fourth-order valence-corrected chi connectivity index (χ4v) is 13.3. The number of nitrogens with one attached hydrogen (secondary N) is 2. The zero-order chi connectivity index (χ0) is 56.6. The summed E-state index contributed by atoms with van der Waals surface area (Å²) in [6.45, 7) is 15.7. The minimum atomic E-state index is -0.00754. The SMILES string of the molecule is CCN(CC)C(=O)c1ccc(Sc2cccc3c2-c2nc-3nc3[nH]c(nc4nc(nc5[nH]c(n2)c2cccc(Sc6ccc(C(=O)N(CC)CC)cc6)c52)-c2cccc(Sc5ccc(C(=O)N(CC)CC)cc5)c2-4)c2ncccc32)cc1. The first kappa shape index (κ1) is 53.9. The summed E-state index contributed by atoms with van der Waals surface area (Å²) in [5.74, 6) is 1.75. The number of aromatic nitrogens is 9. The summed E-state index contributed by atoms with van der Waals surface area (Å²) in [7, 11) is 0. The molecule has 15 nitrogen and oxygen atoms in total. The first-order chi connectivity index (χ1) is 40.1. The van der Waals surface area contributed by atoms with Gasteiger partial charge in [-0.1, -0.05) is 71.7 Å². The van der Waals surface area contributed by atoms with Crippen molar-refractivity contribution in [2.75, 3.05) is 39.3 Å². The van der Waals surface area contributed by atoms with Crippen molar-refractivity contribution in [3.63, 3.8) is 0 Å². The normalized spacial score (nSPS) is 11.6. The van der Waals surface area contributed by atoms with E-state index in [9.17, 15) is 14.4 Å². The maximum atomic E-state index is 13.4. The summed E-state index contributed by atoms with van der Waals surface area (Å²) >= 11 is 4.69. The molecule has 0 saturated carbocycles. The van der Waals surface area contributed by atoms with E-state index in [1.807, 2.05) is 178 Å². The van der Waals surface area contributed by atoms with Gasteiger partial charge in [-0.25, -0.2) is 29.9 Å². The Morgan fingerprint density at radius 1 is 0.390 bits per heavy atom. The molecule has 2 aliphatic heterocycles. The average molecular weight is 1140 g/mol. The summed E-state index contributed by atoms with van der Waals surface area (Å²) < 4.78 is 0. The molecule has 0 atom stereocenters. The minimum absolute atomic E-state index is 0.00403. The van der Waals surface area contributed by atoms with Gasteiger partial charge in [0, 0.05) is 130 Å². The number of carbonyl (C=O) groups is 3. The topological polar surface area (TPSA) is 183 Å². The second kappa shape index (κ2) is 23.0. The van der Waals surface area contributed by atoms with Crippen molar-refractivity contribution in [3.05, 3.63) is 162 Å². The Kier molecular flexibility index (Phi) is 15.1. The molecule has 0 saturated heterocycles. The molecule has 0 unspecified atom stereocenters. The monoisotopic (exact) mass is 1140 g/mol. The molecule has 0 aliphatic carbocycles. The van der Waals surface area contributed by atoms with Crippen molar-refractivity contribution >= 4 is 97.3 Å². The maximum absolute atomic E-state index is 13.4. The zero-order valence-corrected chi connectivity index (χ0v) is 48.5. The van der Waals surface area contributed by atoms with Gasteiger partial charge < -0.3 is 24.7 Å². The van der Waals surface area contributed by atoms with E-state index in [-0.39, 0.29) is 17.7 Å². The smallest absolute Gasteiger partial charge is 0.253 e. The third-order valence-electron chi connectivity index (χ3n) is 14.7. The molecular formula is C64H56N12O3S3. The largest absolute Gasteiger partial charge is 0.339 e. The van der Waals surface area contributed by atoms with Crippen molar-refractivity contribution < 1.29 is 14.4 Å². The van der Waals surface area contributed by atoms with Gasteiger partial charge in [0.25, 0.3) is 17.7 Å². The van der Waals surface area contributed by atoms with Crippen LogP contribution in [0.4, 0.5) is 0 Å². The van der Waals surface area contributed by atoms with E-state index in [2.05, 4.69) is 28.2 Å². The Hall–Kier alpha value is -8.71. The molecule has 6 aromatic carbocycles. The van der Waals surface area contributed by atoms with Gasteiger partial charge in [0.15, 0.2) is 28.9 Å². The van der Waals surface area contributed by atoms with Gasteiger partial charge in [-0.3, -0.25) is 19.4 Å². The van der Waals surface area contributed by atoms with E-state index in [0.29, 0.717) is 107 Å².